The minimum absolute atomic E-state index is 0.0885. The Morgan fingerprint density at radius 2 is 1.41 bits per heavy atom. The third kappa shape index (κ3) is 6.12. The molecule has 0 bridgehead atoms. The van der Waals surface area contributed by atoms with Crippen LogP contribution >= 0.6 is 0 Å². The molecule has 0 radical (unpaired) electrons. The van der Waals surface area contributed by atoms with Gasteiger partial charge in [0.05, 0.1) is 22.8 Å². The molecule has 0 saturated heterocycles. The molecule has 0 aliphatic heterocycles. The minimum Gasteiger partial charge on any atom is -0.303 e. The Balaban J connectivity index is 1.86. The lowest BCUT2D eigenvalue weighted by Gasteiger charge is -2.22. The normalized spacial score (nSPS) is 11.7. The molecule has 0 spiro atoms. The van der Waals surface area contributed by atoms with Crippen LogP contribution in [-0.2, 0) is 14.8 Å². The number of benzene rings is 3. The molecule has 0 heterocycles. The van der Waals surface area contributed by atoms with E-state index in [4.69, 9.17) is 0 Å². The number of sulfonamides is 1. The van der Waals surface area contributed by atoms with Gasteiger partial charge in [0.15, 0.2) is 0 Å². The quantitative estimate of drug-likeness (QED) is 0.183. The highest BCUT2D eigenvalue weighted by Gasteiger charge is 2.23. The van der Waals surface area contributed by atoms with Crippen LogP contribution < -0.4 is 5.01 Å². The predicted octanol–water partition coefficient (Wildman–Crippen LogP) is 4.79. The molecule has 0 unspecified atom stereocenters. The zero-order valence-electron chi connectivity index (χ0n) is 18.0. The molecular formula is C25H27N3O3S. The van der Waals surface area contributed by atoms with E-state index in [1.165, 1.54) is 4.31 Å². The Bertz CT molecular complexity index is 1080. The van der Waals surface area contributed by atoms with Gasteiger partial charge in [-0.3, -0.25) is 0 Å². The SMILES string of the molecule is Cc1ccc(S(=O)(=O)N(C/C=N/N(c2ccccc2)c2ccccc2)CCCC=O)cc1. The van der Waals surface area contributed by atoms with E-state index in [9.17, 15) is 13.2 Å². The highest BCUT2D eigenvalue weighted by atomic mass is 32.2. The van der Waals surface area contributed by atoms with Gasteiger partial charge in [-0.1, -0.05) is 54.1 Å². The Kier molecular flexibility index (Phi) is 8.30. The Morgan fingerprint density at radius 3 is 1.94 bits per heavy atom. The molecule has 0 aromatic heterocycles. The lowest BCUT2D eigenvalue weighted by Crippen LogP contribution is -2.34. The number of nitrogens with zero attached hydrogens (tertiary/aromatic N) is 3. The van der Waals surface area contributed by atoms with E-state index in [2.05, 4.69) is 5.10 Å². The molecule has 0 saturated carbocycles. The third-order valence-corrected chi connectivity index (χ3v) is 6.75. The van der Waals surface area contributed by atoms with Gasteiger partial charge >= 0.3 is 0 Å². The third-order valence-electron chi connectivity index (χ3n) is 4.87. The van der Waals surface area contributed by atoms with E-state index in [0.717, 1.165) is 23.2 Å². The van der Waals surface area contributed by atoms with E-state index < -0.39 is 10.0 Å². The van der Waals surface area contributed by atoms with Crippen molar-refractivity contribution < 1.29 is 13.2 Å². The number of para-hydroxylation sites is 2. The van der Waals surface area contributed by atoms with Crippen molar-refractivity contribution in [1.82, 2.24) is 4.31 Å². The molecule has 0 aliphatic carbocycles. The molecule has 0 fully saturated rings. The van der Waals surface area contributed by atoms with Crippen molar-refractivity contribution in [3.05, 3.63) is 90.5 Å². The highest BCUT2D eigenvalue weighted by Crippen LogP contribution is 2.25. The summed E-state index contributed by atoms with van der Waals surface area (Å²) in [6, 6.07) is 26.1. The van der Waals surface area contributed by atoms with Gasteiger partial charge in [0.25, 0.3) is 0 Å². The Hall–Kier alpha value is -3.29. The topological polar surface area (TPSA) is 70.1 Å². The van der Waals surface area contributed by atoms with Crippen LogP contribution in [0.5, 0.6) is 0 Å². The number of aldehydes is 1. The van der Waals surface area contributed by atoms with Gasteiger partial charge in [0, 0.05) is 19.2 Å². The van der Waals surface area contributed by atoms with E-state index in [-0.39, 0.29) is 18.0 Å². The molecular weight excluding hydrogens is 422 g/mol. The zero-order valence-corrected chi connectivity index (χ0v) is 18.9. The summed E-state index contributed by atoms with van der Waals surface area (Å²) >= 11 is 0. The number of hydrazone groups is 1. The number of anilines is 2. The summed E-state index contributed by atoms with van der Waals surface area (Å²) in [7, 11) is -3.72. The Morgan fingerprint density at radius 1 is 0.844 bits per heavy atom. The molecule has 7 heteroatoms. The second-order valence-corrected chi connectivity index (χ2v) is 9.20. The van der Waals surface area contributed by atoms with Crippen LogP contribution in [0.3, 0.4) is 0 Å². The van der Waals surface area contributed by atoms with Gasteiger partial charge in [0.1, 0.15) is 6.29 Å². The van der Waals surface area contributed by atoms with E-state index in [1.807, 2.05) is 67.6 Å². The summed E-state index contributed by atoms with van der Waals surface area (Å²) in [5, 5.41) is 6.35. The van der Waals surface area contributed by atoms with Gasteiger partial charge in [0.2, 0.25) is 10.0 Å². The first-order valence-corrected chi connectivity index (χ1v) is 11.9. The molecule has 0 amide bonds. The molecule has 0 atom stereocenters. The smallest absolute Gasteiger partial charge is 0.243 e. The monoisotopic (exact) mass is 449 g/mol. The first kappa shape index (κ1) is 23.4. The highest BCUT2D eigenvalue weighted by molar-refractivity contribution is 7.89. The van der Waals surface area contributed by atoms with Crippen molar-refractivity contribution in [2.24, 2.45) is 5.10 Å². The van der Waals surface area contributed by atoms with E-state index >= 15 is 0 Å². The van der Waals surface area contributed by atoms with E-state index in [1.54, 1.807) is 35.5 Å². The second-order valence-electron chi connectivity index (χ2n) is 7.27. The fourth-order valence-corrected chi connectivity index (χ4v) is 4.56. The first-order valence-electron chi connectivity index (χ1n) is 10.5. The number of hydrogen-bond acceptors (Lipinski definition) is 5. The number of carbonyl (C=O) groups is 1. The summed E-state index contributed by atoms with van der Waals surface area (Å²) in [6.07, 6.45) is 3.14. The average molecular weight is 450 g/mol. The van der Waals surface area contributed by atoms with Crippen molar-refractivity contribution in [2.75, 3.05) is 18.1 Å². The molecule has 3 aromatic carbocycles. The number of aryl methyl sites for hydroxylation is 1. The van der Waals surface area contributed by atoms with Crippen LogP contribution in [0.4, 0.5) is 11.4 Å². The molecule has 6 nitrogen and oxygen atoms in total. The van der Waals surface area contributed by atoms with Crippen molar-refractivity contribution >= 4 is 33.9 Å². The maximum atomic E-state index is 13.2. The number of hydrogen-bond donors (Lipinski definition) is 0. The molecule has 0 N–H and O–H groups in total. The summed E-state index contributed by atoms with van der Waals surface area (Å²) in [5.74, 6) is 0. The van der Waals surface area contributed by atoms with Crippen LogP contribution in [0.15, 0.2) is 94.9 Å². The van der Waals surface area contributed by atoms with Crippen LogP contribution in [0.2, 0.25) is 0 Å². The lowest BCUT2D eigenvalue weighted by molar-refractivity contribution is -0.107. The van der Waals surface area contributed by atoms with Gasteiger partial charge < -0.3 is 4.79 Å². The van der Waals surface area contributed by atoms with Gasteiger partial charge in [-0.05, 0) is 49.7 Å². The Labute approximate surface area is 189 Å². The van der Waals surface area contributed by atoms with Gasteiger partial charge in [-0.15, -0.1) is 0 Å². The largest absolute Gasteiger partial charge is 0.303 e. The van der Waals surface area contributed by atoms with Crippen molar-refractivity contribution in [3.63, 3.8) is 0 Å². The minimum atomic E-state index is -3.72. The maximum absolute atomic E-state index is 13.2. The summed E-state index contributed by atoms with van der Waals surface area (Å²) < 4.78 is 27.8. The first-order chi connectivity index (χ1) is 15.5. The molecule has 0 aliphatic rings. The second kappa shape index (κ2) is 11.4. The van der Waals surface area contributed by atoms with Crippen molar-refractivity contribution in [3.8, 4) is 0 Å². The molecule has 166 valence electrons. The predicted molar refractivity (Wildman–Crippen MR) is 129 cm³/mol. The molecule has 32 heavy (non-hydrogen) atoms. The molecule has 3 aromatic rings. The fourth-order valence-electron chi connectivity index (χ4n) is 3.15. The van der Waals surface area contributed by atoms with Crippen molar-refractivity contribution in [1.29, 1.82) is 0 Å². The van der Waals surface area contributed by atoms with Crippen LogP contribution in [0.1, 0.15) is 18.4 Å². The van der Waals surface area contributed by atoms with E-state index in [0.29, 0.717) is 12.8 Å². The number of carbonyl (C=O) groups excluding carboxylic acids is 1. The standard InChI is InChI=1S/C25H27N3O3S/c1-22-14-16-25(17-15-22)32(30,31)27(19-8-9-21-29)20-18-26-28(23-10-4-2-5-11-23)24-12-6-3-7-13-24/h2-7,10-18,21H,8-9,19-20H2,1H3/b26-18+. The average Bonchev–Trinajstić information content (AvgIpc) is 2.82. The van der Waals surface area contributed by atoms with Crippen LogP contribution in [-0.4, -0.2) is 38.3 Å². The van der Waals surface area contributed by atoms with Gasteiger partial charge in [-0.2, -0.15) is 9.41 Å². The number of rotatable bonds is 11. The maximum Gasteiger partial charge on any atom is 0.243 e. The zero-order chi connectivity index (χ0) is 22.8. The lowest BCUT2D eigenvalue weighted by atomic mass is 10.2. The van der Waals surface area contributed by atoms with Crippen LogP contribution in [0, 0.1) is 6.92 Å². The summed E-state index contributed by atoms with van der Waals surface area (Å²) in [5.41, 5.74) is 2.71. The molecule has 3 rings (SSSR count). The van der Waals surface area contributed by atoms with Gasteiger partial charge in [-0.25, -0.2) is 13.4 Å². The summed E-state index contributed by atoms with van der Waals surface area (Å²) in [6.45, 7) is 2.23. The fraction of sp³-hybridized carbons (Fsp3) is 0.200. The van der Waals surface area contributed by atoms with Crippen molar-refractivity contribution in [2.45, 2.75) is 24.7 Å². The summed E-state index contributed by atoms with van der Waals surface area (Å²) in [4.78, 5) is 11.0. The number of unbranched alkanes of at least 4 members (excludes halogenated alkanes) is 1. The van der Waals surface area contributed by atoms with Crippen LogP contribution in [0.25, 0.3) is 0 Å².